The number of nitro groups is 1. The summed E-state index contributed by atoms with van der Waals surface area (Å²) >= 11 is 4.71. The SMILES string of the molecule is Cc1ccc(S(=O)(=O)Oc2ccc(C=C3C(=O)NC(=S)NC3=O)cc2)cc1[N+](=O)[O-]. The Hall–Kier alpha value is -3.64. The van der Waals surface area contributed by atoms with E-state index < -0.39 is 26.9 Å². The Morgan fingerprint density at radius 1 is 1.07 bits per heavy atom. The lowest BCUT2D eigenvalue weighted by atomic mass is 10.1. The number of thiocarbonyl (C=S) groups is 1. The third-order valence-electron chi connectivity index (χ3n) is 4.01. The van der Waals surface area contributed by atoms with Crippen molar-refractivity contribution in [1.82, 2.24) is 10.6 Å². The maximum Gasteiger partial charge on any atom is 0.339 e. The molecule has 0 spiro atoms. The molecule has 1 heterocycles. The molecule has 3 rings (SSSR count). The minimum absolute atomic E-state index is 0.0564. The maximum atomic E-state index is 12.4. The van der Waals surface area contributed by atoms with Gasteiger partial charge in [0, 0.05) is 11.6 Å². The van der Waals surface area contributed by atoms with E-state index in [0.29, 0.717) is 11.1 Å². The zero-order chi connectivity index (χ0) is 22.1. The third-order valence-corrected chi connectivity index (χ3v) is 5.45. The lowest BCUT2D eigenvalue weighted by molar-refractivity contribution is -0.385. The van der Waals surface area contributed by atoms with E-state index in [1.54, 1.807) is 0 Å². The minimum Gasteiger partial charge on any atom is -0.379 e. The molecule has 0 aliphatic carbocycles. The largest absolute Gasteiger partial charge is 0.379 e. The van der Waals surface area contributed by atoms with Crippen molar-refractivity contribution in [2.45, 2.75) is 11.8 Å². The Labute approximate surface area is 175 Å². The van der Waals surface area contributed by atoms with Gasteiger partial charge in [-0.15, -0.1) is 0 Å². The first kappa shape index (κ1) is 21.1. The van der Waals surface area contributed by atoms with Crippen LogP contribution in [0.15, 0.2) is 52.9 Å². The van der Waals surface area contributed by atoms with E-state index >= 15 is 0 Å². The number of nitrogens with one attached hydrogen (secondary N) is 2. The molecule has 0 unspecified atom stereocenters. The second-order valence-corrected chi connectivity index (χ2v) is 8.06. The van der Waals surface area contributed by atoms with Crippen LogP contribution in [0, 0.1) is 17.0 Å². The monoisotopic (exact) mass is 447 g/mol. The van der Waals surface area contributed by atoms with E-state index in [2.05, 4.69) is 10.6 Å². The number of aryl methyl sites for hydroxylation is 1. The Kier molecular flexibility index (Phi) is 5.62. The van der Waals surface area contributed by atoms with Crippen LogP contribution in [0.2, 0.25) is 0 Å². The van der Waals surface area contributed by atoms with Crippen LogP contribution < -0.4 is 14.8 Å². The van der Waals surface area contributed by atoms with Crippen molar-refractivity contribution in [1.29, 1.82) is 0 Å². The number of hydrogen-bond donors (Lipinski definition) is 2. The van der Waals surface area contributed by atoms with E-state index in [4.69, 9.17) is 16.4 Å². The van der Waals surface area contributed by atoms with Crippen molar-refractivity contribution < 1.29 is 27.1 Å². The first-order chi connectivity index (χ1) is 14.1. The van der Waals surface area contributed by atoms with E-state index in [0.717, 1.165) is 6.07 Å². The highest BCUT2D eigenvalue weighted by Gasteiger charge is 2.26. The number of rotatable bonds is 5. The number of carbonyl (C=O) groups excluding carboxylic acids is 2. The second kappa shape index (κ2) is 8.00. The van der Waals surface area contributed by atoms with Gasteiger partial charge in [-0.2, -0.15) is 8.42 Å². The van der Waals surface area contributed by atoms with Crippen LogP contribution in [-0.2, 0) is 19.7 Å². The zero-order valence-electron chi connectivity index (χ0n) is 15.2. The van der Waals surface area contributed by atoms with Gasteiger partial charge in [0.25, 0.3) is 17.5 Å². The molecule has 1 fully saturated rings. The normalized spacial score (nSPS) is 14.0. The Bertz CT molecular complexity index is 1200. The fourth-order valence-electron chi connectivity index (χ4n) is 2.51. The van der Waals surface area contributed by atoms with Gasteiger partial charge in [0.15, 0.2) is 5.11 Å². The van der Waals surface area contributed by atoms with Gasteiger partial charge in [0.1, 0.15) is 16.2 Å². The highest BCUT2D eigenvalue weighted by Crippen LogP contribution is 2.25. The first-order valence-electron chi connectivity index (χ1n) is 8.25. The Morgan fingerprint density at radius 2 is 1.67 bits per heavy atom. The van der Waals surface area contributed by atoms with Crippen molar-refractivity contribution in [2.24, 2.45) is 0 Å². The molecule has 2 amide bonds. The van der Waals surface area contributed by atoms with Crippen LogP contribution in [0.1, 0.15) is 11.1 Å². The van der Waals surface area contributed by atoms with Crippen LogP contribution in [0.5, 0.6) is 5.75 Å². The molecule has 2 N–H and O–H groups in total. The summed E-state index contributed by atoms with van der Waals surface area (Å²) in [5, 5.41) is 15.5. The van der Waals surface area contributed by atoms with Crippen LogP contribution >= 0.6 is 12.2 Å². The first-order valence-corrected chi connectivity index (χ1v) is 10.1. The molecular weight excluding hydrogens is 434 g/mol. The van der Waals surface area contributed by atoms with Crippen LogP contribution in [0.25, 0.3) is 6.08 Å². The summed E-state index contributed by atoms with van der Waals surface area (Å²) in [7, 11) is -4.31. The fourth-order valence-corrected chi connectivity index (χ4v) is 3.65. The van der Waals surface area contributed by atoms with Gasteiger partial charge in [-0.1, -0.05) is 18.2 Å². The van der Waals surface area contributed by atoms with Crippen LogP contribution in [0.3, 0.4) is 0 Å². The van der Waals surface area contributed by atoms with Gasteiger partial charge in [-0.25, -0.2) is 0 Å². The van der Waals surface area contributed by atoms with E-state index in [-0.39, 0.29) is 27.0 Å². The van der Waals surface area contributed by atoms with Gasteiger partial charge in [0.2, 0.25) is 0 Å². The van der Waals surface area contributed by atoms with Crippen molar-refractivity contribution in [3.8, 4) is 5.75 Å². The predicted octanol–water partition coefficient (Wildman–Crippen LogP) is 1.59. The molecule has 0 saturated carbocycles. The van der Waals surface area contributed by atoms with Gasteiger partial charge in [-0.05, 0) is 49.0 Å². The van der Waals surface area contributed by atoms with Crippen molar-refractivity contribution >= 4 is 51.0 Å². The summed E-state index contributed by atoms with van der Waals surface area (Å²) in [6, 6.07) is 8.95. The maximum absolute atomic E-state index is 12.4. The number of nitrogens with zero attached hydrogens (tertiary/aromatic N) is 1. The molecule has 2 aromatic carbocycles. The molecule has 1 aliphatic rings. The molecule has 1 aliphatic heterocycles. The number of amides is 2. The lowest BCUT2D eigenvalue weighted by Gasteiger charge is -2.16. The van der Waals surface area contributed by atoms with E-state index in [9.17, 15) is 28.1 Å². The molecule has 0 aromatic heterocycles. The minimum atomic E-state index is -4.31. The number of nitro benzene ring substituents is 1. The molecule has 10 nitrogen and oxygen atoms in total. The summed E-state index contributed by atoms with van der Waals surface area (Å²) < 4.78 is 29.9. The van der Waals surface area contributed by atoms with Crippen LogP contribution in [-0.4, -0.2) is 30.3 Å². The Morgan fingerprint density at radius 3 is 2.23 bits per heavy atom. The molecule has 0 atom stereocenters. The van der Waals surface area contributed by atoms with E-state index in [1.807, 2.05) is 0 Å². The molecule has 30 heavy (non-hydrogen) atoms. The third kappa shape index (κ3) is 4.50. The molecule has 0 bridgehead atoms. The van der Waals surface area contributed by atoms with Crippen molar-refractivity contribution in [2.75, 3.05) is 0 Å². The van der Waals surface area contributed by atoms with Crippen molar-refractivity contribution in [3.63, 3.8) is 0 Å². The van der Waals surface area contributed by atoms with E-state index in [1.165, 1.54) is 49.4 Å². The molecule has 1 saturated heterocycles. The van der Waals surface area contributed by atoms with Crippen molar-refractivity contribution in [3.05, 3.63) is 69.3 Å². The summed E-state index contributed by atoms with van der Waals surface area (Å²) in [6.07, 6.45) is 1.30. The number of carbonyl (C=O) groups is 2. The molecule has 2 aromatic rings. The van der Waals surface area contributed by atoms with Gasteiger partial charge < -0.3 is 4.18 Å². The fraction of sp³-hybridized carbons (Fsp3) is 0.0556. The Balaban J connectivity index is 1.82. The number of benzene rings is 2. The summed E-state index contributed by atoms with van der Waals surface area (Å²) in [6.45, 7) is 1.49. The molecular formula is C18H13N3O7S2. The summed E-state index contributed by atoms with van der Waals surface area (Å²) in [4.78, 5) is 33.7. The lowest BCUT2D eigenvalue weighted by Crippen LogP contribution is -2.51. The van der Waals surface area contributed by atoms with Gasteiger partial charge in [-0.3, -0.25) is 30.3 Å². The molecule has 0 radical (unpaired) electrons. The highest BCUT2D eigenvalue weighted by molar-refractivity contribution is 7.87. The predicted molar refractivity (Wildman–Crippen MR) is 109 cm³/mol. The van der Waals surface area contributed by atoms with Gasteiger partial charge in [0.05, 0.1) is 4.92 Å². The topological polar surface area (TPSA) is 145 Å². The second-order valence-electron chi connectivity index (χ2n) is 6.11. The average molecular weight is 447 g/mol. The molecule has 12 heteroatoms. The molecule has 154 valence electrons. The number of hydrogen-bond acceptors (Lipinski definition) is 8. The zero-order valence-corrected chi connectivity index (χ0v) is 16.9. The summed E-state index contributed by atoms with van der Waals surface area (Å²) in [5.41, 5.74) is 0.230. The quantitative estimate of drug-likeness (QED) is 0.176. The summed E-state index contributed by atoms with van der Waals surface area (Å²) in [5.74, 6) is -1.38. The smallest absolute Gasteiger partial charge is 0.339 e. The van der Waals surface area contributed by atoms with Crippen LogP contribution in [0.4, 0.5) is 5.69 Å². The average Bonchev–Trinajstić information content (AvgIpc) is 2.65. The highest BCUT2D eigenvalue weighted by atomic mass is 32.2. The standard InChI is InChI=1S/C18H13N3O7S2/c1-10-2-7-13(9-15(10)21(24)25)30(26,27)28-12-5-3-11(4-6-12)8-14-16(22)19-18(29)20-17(14)23/h2-9H,1H3,(H2,19,20,22,23,29). The van der Waals surface area contributed by atoms with Gasteiger partial charge >= 0.3 is 10.1 Å².